The Morgan fingerprint density at radius 3 is 2.93 bits per heavy atom. The Hall–Kier alpha value is -1.51. The minimum atomic E-state index is 0.0603. The van der Waals surface area contributed by atoms with Crippen LogP contribution in [-0.4, -0.2) is 13.0 Å². The van der Waals surface area contributed by atoms with Crippen LogP contribution in [0.4, 0.5) is 5.69 Å². The Labute approximate surface area is 90.4 Å². The van der Waals surface area contributed by atoms with Crippen molar-refractivity contribution < 1.29 is 9.53 Å². The topological polar surface area (TPSA) is 38.3 Å². The second-order valence-electron chi connectivity index (χ2n) is 3.38. The van der Waals surface area contributed by atoms with Crippen LogP contribution in [0.3, 0.4) is 0 Å². The number of nitrogens with one attached hydrogen (secondary N) is 1. The van der Waals surface area contributed by atoms with Gasteiger partial charge in [0.1, 0.15) is 5.75 Å². The second kappa shape index (κ2) is 6.06. The molecule has 0 aliphatic carbocycles. The fourth-order valence-electron chi connectivity index (χ4n) is 1.26. The fraction of sp³-hybridized carbons (Fsp3) is 0.417. The van der Waals surface area contributed by atoms with Gasteiger partial charge in [-0.05, 0) is 18.6 Å². The van der Waals surface area contributed by atoms with Gasteiger partial charge >= 0.3 is 0 Å². The molecule has 0 unspecified atom stereocenters. The van der Waals surface area contributed by atoms with Crippen molar-refractivity contribution in [2.24, 2.45) is 0 Å². The Morgan fingerprint density at radius 1 is 1.47 bits per heavy atom. The number of methoxy groups -OCH3 is 1. The van der Waals surface area contributed by atoms with E-state index in [1.54, 1.807) is 7.11 Å². The van der Waals surface area contributed by atoms with E-state index in [1.807, 2.05) is 24.3 Å². The molecule has 0 spiro atoms. The molecule has 1 rings (SSSR count). The second-order valence-corrected chi connectivity index (χ2v) is 3.38. The van der Waals surface area contributed by atoms with Crippen molar-refractivity contribution >= 4 is 11.6 Å². The molecule has 82 valence electrons. The monoisotopic (exact) mass is 207 g/mol. The number of benzene rings is 1. The zero-order valence-corrected chi connectivity index (χ0v) is 9.25. The van der Waals surface area contributed by atoms with E-state index < -0.39 is 0 Å². The van der Waals surface area contributed by atoms with Crippen LogP contribution in [-0.2, 0) is 4.79 Å². The van der Waals surface area contributed by atoms with Crippen molar-refractivity contribution in [3.8, 4) is 5.75 Å². The summed E-state index contributed by atoms with van der Waals surface area (Å²) in [4.78, 5) is 11.4. The van der Waals surface area contributed by atoms with Gasteiger partial charge in [0, 0.05) is 18.2 Å². The number of amides is 1. The molecule has 0 aliphatic rings. The van der Waals surface area contributed by atoms with Gasteiger partial charge < -0.3 is 10.1 Å². The summed E-state index contributed by atoms with van der Waals surface area (Å²) < 4.78 is 5.07. The molecule has 0 aliphatic heterocycles. The van der Waals surface area contributed by atoms with Crippen LogP contribution in [0, 0.1) is 0 Å². The summed E-state index contributed by atoms with van der Waals surface area (Å²) in [5, 5.41) is 2.83. The van der Waals surface area contributed by atoms with E-state index in [-0.39, 0.29) is 5.91 Å². The first-order valence-corrected chi connectivity index (χ1v) is 5.20. The molecule has 0 atom stereocenters. The maximum absolute atomic E-state index is 11.4. The summed E-state index contributed by atoms with van der Waals surface area (Å²) in [6.07, 6.45) is 2.54. The first kappa shape index (κ1) is 11.6. The number of hydrogen-bond acceptors (Lipinski definition) is 2. The lowest BCUT2D eigenvalue weighted by Crippen LogP contribution is -2.10. The maximum atomic E-state index is 11.4. The summed E-state index contributed by atoms with van der Waals surface area (Å²) in [6, 6.07) is 7.37. The molecule has 0 saturated heterocycles. The fourth-order valence-corrected chi connectivity index (χ4v) is 1.26. The quantitative estimate of drug-likeness (QED) is 0.806. The number of carbonyl (C=O) groups is 1. The maximum Gasteiger partial charge on any atom is 0.224 e. The zero-order chi connectivity index (χ0) is 11.1. The molecule has 0 aromatic heterocycles. The average molecular weight is 207 g/mol. The Balaban J connectivity index is 2.52. The lowest BCUT2D eigenvalue weighted by molar-refractivity contribution is -0.116. The van der Waals surface area contributed by atoms with E-state index in [9.17, 15) is 4.79 Å². The number of anilines is 1. The van der Waals surface area contributed by atoms with Crippen LogP contribution in [0.25, 0.3) is 0 Å². The Morgan fingerprint density at radius 2 is 2.27 bits per heavy atom. The molecule has 3 heteroatoms. The highest BCUT2D eigenvalue weighted by atomic mass is 16.5. The van der Waals surface area contributed by atoms with Crippen molar-refractivity contribution in [1.29, 1.82) is 0 Å². The molecular formula is C12H17NO2. The zero-order valence-electron chi connectivity index (χ0n) is 9.25. The smallest absolute Gasteiger partial charge is 0.224 e. The third-order valence-electron chi connectivity index (χ3n) is 2.11. The SMILES string of the molecule is CCCCC(=O)Nc1cccc(OC)c1. The molecule has 15 heavy (non-hydrogen) atoms. The number of ether oxygens (including phenoxy) is 1. The number of carbonyl (C=O) groups excluding carboxylic acids is 1. The normalized spacial score (nSPS) is 9.73. The van der Waals surface area contributed by atoms with Crippen molar-refractivity contribution in [3.05, 3.63) is 24.3 Å². The first-order chi connectivity index (χ1) is 7.26. The van der Waals surface area contributed by atoms with Gasteiger partial charge in [-0.25, -0.2) is 0 Å². The number of rotatable bonds is 5. The van der Waals surface area contributed by atoms with Gasteiger partial charge in [-0.15, -0.1) is 0 Å². The predicted octanol–water partition coefficient (Wildman–Crippen LogP) is 2.82. The molecule has 1 aromatic carbocycles. The van der Waals surface area contributed by atoms with Gasteiger partial charge in [0.25, 0.3) is 0 Å². The molecule has 0 radical (unpaired) electrons. The van der Waals surface area contributed by atoms with E-state index in [2.05, 4.69) is 12.2 Å². The molecular weight excluding hydrogens is 190 g/mol. The highest BCUT2D eigenvalue weighted by Crippen LogP contribution is 2.16. The highest BCUT2D eigenvalue weighted by molar-refractivity contribution is 5.90. The van der Waals surface area contributed by atoms with E-state index >= 15 is 0 Å². The van der Waals surface area contributed by atoms with Gasteiger partial charge in [0.2, 0.25) is 5.91 Å². The van der Waals surface area contributed by atoms with Crippen LogP contribution in [0.1, 0.15) is 26.2 Å². The third-order valence-corrected chi connectivity index (χ3v) is 2.11. The lowest BCUT2D eigenvalue weighted by atomic mass is 10.2. The van der Waals surface area contributed by atoms with E-state index in [4.69, 9.17) is 4.74 Å². The van der Waals surface area contributed by atoms with E-state index in [0.717, 1.165) is 24.3 Å². The molecule has 0 fully saturated rings. The molecule has 1 N–H and O–H groups in total. The van der Waals surface area contributed by atoms with Crippen molar-refractivity contribution in [2.75, 3.05) is 12.4 Å². The van der Waals surface area contributed by atoms with Crippen molar-refractivity contribution in [2.45, 2.75) is 26.2 Å². The van der Waals surface area contributed by atoms with Gasteiger partial charge in [-0.1, -0.05) is 19.4 Å². The summed E-state index contributed by atoms with van der Waals surface area (Å²) in [7, 11) is 1.61. The van der Waals surface area contributed by atoms with Crippen LogP contribution in [0.5, 0.6) is 5.75 Å². The molecule has 0 bridgehead atoms. The highest BCUT2D eigenvalue weighted by Gasteiger charge is 2.01. The number of unbranched alkanes of at least 4 members (excludes halogenated alkanes) is 1. The molecule has 0 heterocycles. The average Bonchev–Trinajstić information content (AvgIpc) is 2.26. The van der Waals surface area contributed by atoms with Crippen LogP contribution in [0.2, 0.25) is 0 Å². The lowest BCUT2D eigenvalue weighted by Gasteiger charge is -2.06. The summed E-state index contributed by atoms with van der Waals surface area (Å²) in [5.74, 6) is 0.813. The van der Waals surface area contributed by atoms with Crippen molar-refractivity contribution in [3.63, 3.8) is 0 Å². The van der Waals surface area contributed by atoms with Crippen LogP contribution >= 0.6 is 0 Å². The summed E-state index contributed by atoms with van der Waals surface area (Å²) >= 11 is 0. The van der Waals surface area contributed by atoms with Crippen LogP contribution < -0.4 is 10.1 Å². The predicted molar refractivity (Wildman–Crippen MR) is 61.1 cm³/mol. The summed E-state index contributed by atoms with van der Waals surface area (Å²) in [5.41, 5.74) is 0.787. The molecule has 1 amide bonds. The minimum absolute atomic E-state index is 0.0603. The van der Waals surface area contributed by atoms with Crippen molar-refractivity contribution in [1.82, 2.24) is 0 Å². The Kier molecular flexibility index (Phi) is 4.68. The minimum Gasteiger partial charge on any atom is -0.497 e. The van der Waals surface area contributed by atoms with E-state index in [1.165, 1.54) is 0 Å². The molecule has 0 saturated carbocycles. The third kappa shape index (κ3) is 4.02. The van der Waals surface area contributed by atoms with E-state index in [0.29, 0.717) is 6.42 Å². The first-order valence-electron chi connectivity index (χ1n) is 5.20. The Bertz CT molecular complexity index is 323. The summed E-state index contributed by atoms with van der Waals surface area (Å²) in [6.45, 7) is 2.07. The van der Waals surface area contributed by atoms with Gasteiger partial charge in [0.15, 0.2) is 0 Å². The van der Waals surface area contributed by atoms with Gasteiger partial charge in [-0.2, -0.15) is 0 Å². The van der Waals surface area contributed by atoms with Gasteiger partial charge in [0.05, 0.1) is 7.11 Å². The van der Waals surface area contributed by atoms with Gasteiger partial charge in [-0.3, -0.25) is 4.79 Å². The molecule has 1 aromatic rings. The van der Waals surface area contributed by atoms with Crippen LogP contribution in [0.15, 0.2) is 24.3 Å². The molecule has 3 nitrogen and oxygen atoms in total. The number of hydrogen-bond donors (Lipinski definition) is 1. The standard InChI is InChI=1S/C12H17NO2/c1-3-4-8-12(14)13-10-6-5-7-11(9-10)15-2/h5-7,9H,3-4,8H2,1-2H3,(H,13,14). The largest absolute Gasteiger partial charge is 0.497 e.